The van der Waals surface area contributed by atoms with Gasteiger partial charge in [-0.25, -0.2) is 0 Å². The van der Waals surface area contributed by atoms with Gasteiger partial charge in [-0.05, 0) is 62.4 Å². The van der Waals surface area contributed by atoms with E-state index in [2.05, 4.69) is 35.9 Å². The lowest BCUT2D eigenvalue weighted by molar-refractivity contribution is -0.141. The summed E-state index contributed by atoms with van der Waals surface area (Å²) >= 11 is 6.24. The van der Waals surface area contributed by atoms with Gasteiger partial charge in [0, 0.05) is 30.3 Å². The highest BCUT2D eigenvalue weighted by atomic mass is 35.5. The fourth-order valence-electron chi connectivity index (χ4n) is 5.46. The molecular formula is C26H30ClF3N8O2. The highest BCUT2D eigenvalue weighted by Gasteiger charge is 2.44. The van der Waals surface area contributed by atoms with Crippen LogP contribution in [0.25, 0.3) is 11.4 Å². The van der Waals surface area contributed by atoms with E-state index in [0.29, 0.717) is 49.3 Å². The first-order valence-electron chi connectivity index (χ1n) is 13.5. The molecule has 3 aromatic rings. The molecule has 1 amide bonds. The van der Waals surface area contributed by atoms with E-state index < -0.39 is 28.8 Å². The maximum atomic E-state index is 13.8. The molecule has 1 aromatic carbocycles. The van der Waals surface area contributed by atoms with E-state index in [9.17, 15) is 18.0 Å². The van der Waals surface area contributed by atoms with Gasteiger partial charge in [-0.3, -0.25) is 9.48 Å². The number of nitrogens with one attached hydrogen (secondary N) is 2. The van der Waals surface area contributed by atoms with Crippen LogP contribution < -0.4 is 10.2 Å². The lowest BCUT2D eigenvalue weighted by Crippen LogP contribution is -2.45. The molecule has 3 atom stereocenters. The molecule has 2 N–H and O–H groups in total. The first-order chi connectivity index (χ1) is 19.1. The van der Waals surface area contributed by atoms with Crippen molar-refractivity contribution in [2.75, 3.05) is 23.3 Å². The van der Waals surface area contributed by atoms with Crippen LogP contribution in [0.15, 0.2) is 18.2 Å². The van der Waals surface area contributed by atoms with Crippen molar-refractivity contribution in [2.45, 2.75) is 76.3 Å². The summed E-state index contributed by atoms with van der Waals surface area (Å²) in [6.07, 6.45) is -0.994. The Morgan fingerprint density at radius 2 is 1.93 bits per heavy atom. The second-order valence-electron chi connectivity index (χ2n) is 11.1. The Labute approximate surface area is 233 Å². The van der Waals surface area contributed by atoms with Gasteiger partial charge in [0.05, 0.1) is 28.6 Å². The zero-order chi connectivity index (χ0) is 28.2. The summed E-state index contributed by atoms with van der Waals surface area (Å²) in [4.78, 5) is 16.0. The van der Waals surface area contributed by atoms with E-state index in [1.54, 1.807) is 6.07 Å². The summed E-state index contributed by atoms with van der Waals surface area (Å²) in [7, 11) is 0. The average molecular weight is 579 g/mol. The van der Waals surface area contributed by atoms with Gasteiger partial charge in [0.15, 0.2) is 5.69 Å². The Balaban J connectivity index is 1.34. The van der Waals surface area contributed by atoms with E-state index >= 15 is 0 Å². The maximum Gasteiger partial charge on any atom is 0.436 e. The van der Waals surface area contributed by atoms with Crippen LogP contribution in [0.4, 0.5) is 24.5 Å². The molecule has 2 aromatic heterocycles. The number of alkyl halides is 3. The predicted octanol–water partition coefficient (Wildman–Crippen LogP) is 5.21. The van der Waals surface area contributed by atoms with E-state index in [0.717, 1.165) is 18.5 Å². The number of morpholine rings is 1. The normalized spacial score (nSPS) is 22.4. The third-order valence-corrected chi connectivity index (χ3v) is 7.98. The van der Waals surface area contributed by atoms with Crippen LogP contribution in [0.1, 0.15) is 69.3 Å². The molecule has 214 valence electrons. The summed E-state index contributed by atoms with van der Waals surface area (Å²) in [5, 5.41) is 20.8. The second kappa shape index (κ2) is 10.3. The average Bonchev–Trinajstić information content (AvgIpc) is 3.81. The third kappa shape index (κ3) is 5.53. The van der Waals surface area contributed by atoms with Crippen molar-refractivity contribution in [1.82, 2.24) is 30.4 Å². The molecule has 6 rings (SSSR count). The lowest BCUT2D eigenvalue weighted by Gasteiger charge is -2.37. The molecule has 0 spiro atoms. The molecule has 1 saturated heterocycles. The first kappa shape index (κ1) is 27.0. The quantitative estimate of drug-likeness (QED) is 0.377. The highest BCUT2D eigenvalue weighted by Crippen LogP contribution is 2.49. The lowest BCUT2D eigenvalue weighted by atomic mass is 10.1. The number of amides is 1. The number of aromatic amines is 1. The summed E-state index contributed by atoms with van der Waals surface area (Å²) in [6, 6.07) is 4.58. The number of nitrogens with zero attached hydrogens (tertiary/aromatic N) is 6. The molecule has 1 unspecified atom stereocenters. The van der Waals surface area contributed by atoms with Crippen molar-refractivity contribution in [3.05, 3.63) is 34.6 Å². The van der Waals surface area contributed by atoms with E-state index in [1.807, 2.05) is 26.0 Å². The van der Waals surface area contributed by atoms with Gasteiger partial charge in [-0.2, -0.15) is 23.5 Å². The fraction of sp³-hybridized carbons (Fsp3) is 0.577. The number of tetrazole rings is 1. The number of rotatable bonds is 8. The number of anilines is 2. The van der Waals surface area contributed by atoms with Gasteiger partial charge in [0.2, 0.25) is 11.7 Å². The van der Waals surface area contributed by atoms with Crippen molar-refractivity contribution in [3.63, 3.8) is 0 Å². The third-order valence-electron chi connectivity index (χ3n) is 7.60. The minimum atomic E-state index is -4.72. The van der Waals surface area contributed by atoms with E-state index in [-0.39, 0.29) is 29.9 Å². The Kier molecular flexibility index (Phi) is 6.97. The van der Waals surface area contributed by atoms with Crippen molar-refractivity contribution in [3.8, 4) is 11.4 Å². The van der Waals surface area contributed by atoms with Crippen molar-refractivity contribution >= 4 is 28.9 Å². The smallest absolute Gasteiger partial charge is 0.372 e. The monoisotopic (exact) mass is 578 g/mol. The Morgan fingerprint density at radius 3 is 2.52 bits per heavy atom. The van der Waals surface area contributed by atoms with Crippen LogP contribution in [0.2, 0.25) is 5.02 Å². The zero-order valence-corrected chi connectivity index (χ0v) is 22.8. The number of carbonyl (C=O) groups excluding carboxylic acids is 1. The van der Waals surface area contributed by atoms with Gasteiger partial charge in [0.1, 0.15) is 6.04 Å². The molecule has 3 heterocycles. The second-order valence-corrected chi connectivity index (χ2v) is 11.5. The zero-order valence-electron chi connectivity index (χ0n) is 22.1. The van der Waals surface area contributed by atoms with Gasteiger partial charge in [0.25, 0.3) is 0 Å². The number of aromatic nitrogens is 6. The van der Waals surface area contributed by atoms with Crippen LogP contribution in [-0.4, -0.2) is 61.6 Å². The van der Waals surface area contributed by atoms with Crippen LogP contribution in [0.3, 0.4) is 0 Å². The van der Waals surface area contributed by atoms with Crippen LogP contribution in [0, 0.1) is 5.92 Å². The van der Waals surface area contributed by atoms with Crippen LogP contribution >= 0.6 is 11.6 Å². The molecule has 14 heteroatoms. The summed E-state index contributed by atoms with van der Waals surface area (Å²) in [5.41, 5.74) is 1.01. The molecule has 2 aliphatic carbocycles. The van der Waals surface area contributed by atoms with E-state index in [4.69, 9.17) is 16.3 Å². The SMILES string of the molecule is CC1CN(c2ccc(NC(=O)[C@H](CC3CC3)n3nc(C(F)(F)F)c(Cl)c3C3CC3)c(-c3nn[nH]n3)c2)C[C@H](C)O1. The number of hydrogen-bond acceptors (Lipinski definition) is 7. The molecule has 2 saturated carbocycles. The van der Waals surface area contributed by atoms with Crippen LogP contribution in [-0.2, 0) is 15.7 Å². The molecule has 3 fully saturated rings. The minimum absolute atomic E-state index is 0.0445. The number of halogens is 4. The van der Waals surface area contributed by atoms with Crippen molar-refractivity contribution in [2.24, 2.45) is 5.92 Å². The highest BCUT2D eigenvalue weighted by molar-refractivity contribution is 6.32. The van der Waals surface area contributed by atoms with Crippen LogP contribution in [0.5, 0.6) is 0 Å². The molecule has 0 radical (unpaired) electrons. The standard InChI is InChI=1S/C26H30ClF3N8O2/c1-13-11-37(12-14(2)40-13)17-7-8-19(18(10-17)24-32-35-36-33-24)31-25(39)20(9-15-3-4-15)38-22(16-5-6-16)21(27)23(34-38)26(28,29)30/h7-8,10,13-16,20H,3-6,9,11-12H2,1-2H3,(H,31,39)(H,32,33,35,36)/t13-,14?,20-/m0/s1. The van der Waals surface area contributed by atoms with Gasteiger partial charge >= 0.3 is 6.18 Å². The molecular weight excluding hydrogens is 549 g/mol. The first-order valence-corrected chi connectivity index (χ1v) is 13.9. The van der Waals surface area contributed by atoms with Gasteiger partial charge in [-0.1, -0.05) is 24.4 Å². The Morgan fingerprint density at radius 1 is 1.20 bits per heavy atom. The van der Waals surface area contributed by atoms with Crippen molar-refractivity contribution < 1.29 is 22.7 Å². The van der Waals surface area contributed by atoms with E-state index in [1.165, 1.54) is 4.68 Å². The molecule has 1 aliphatic heterocycles. The largest absolute Gasteiger partial charge is 0.436 e. The summed E-state index contributed by atoms with van der Waals surface area (Å²) in [5.74, 6) is -0.0826. The topological polar surface area (TPSA) is 114 Å². The Hall–Kier alpha value is -3.19. The number of H-pyrrole nitrogens is 1. The fourth-order valence-corrected chi connectivity index (χ4v) is 5.85. The molecule has 0 bridgehead atoms. The molecule has 3 aliphatic rings. The predicted molar refractivity (Wildman–Crippen MR) is 141 cm³/mol. The van der Waals surface area contributed by atoms with Gasteiger partial charge in [-0.15, -0.1) is 10.2 Å². The molecule has 40 heavy (non-hydrogen) atoms. The number of benzene rings is 1. The number of hydrogen-bond donors (Lipinski definition) is 2. The number of carbonyl (C=O) groups is 1. The number of ether oxygens (including phenoxy) is 1. The Bertz CT molecular complexity index is 1380. The summed E-state index contributed by atoms with van der Waals surface area (Å²) < 4.78 is 48.4. The van der Waals surface area contributed by atoms with Crippen molar-refractivity contribution in [1.29, 1.82) is 0 Å². The minimum Gasteiger partial charge on any atom is -0.372 e. The summed E-state index contributed by atoms with van der Waals surface area (Å²) in [6.45, 7) is 5.41. The molecule has 10 nitrogen and oxygen atoms in total. The maximum absolute atomic E-state index is 13.8. The van der Waals surface area contributed by atoms with Gasteiger partial charge < -0.3 is 15.0 Å².